The smallest absolute Gasteiger partial charge is 0.445 e. The summed E-state index contributed by atoms with van der Waals surface area (Å²) in [5.41, 5.74) is 2.04. The van der Waals surface area contributed by atoms with E-state index in [4.69, 9.17) is 14.0 Å². The van der Waals surface area contributed by atoms with Crippen LogP contribution in [0.3, 0.4) is 0 Å². The van der Waals surface area contributed by atoms with E-state index >= 15 is 0 Å². The molecule has 3 aromatic rings. The Morgan fingerprint density at radius 2 is 1.89 bits per heavy atom. The maximum atomic E-state index is 10.7. The van der Waals surface area contributed by atoms with Crippen molar-refractivity contribution in [3.63, 3.8) is 0 Å². The number of hydrogen-bond acceptors (Lipinski definition) is 9. The Balaban J connectivity index is 0.00000361. The summed E-state index contributed by atoms with van der Waals surface area (Å²) in [5, 5.41) is 19.9. The normalized spacial score (nSPS) is 15.7. The van der Waals surface area contributed by atoms with E-state index < -0.39 is 22.7 Å². The number of aromatic hydroxyl groups is 2. The molecule has 0 bridgehead atoms. The van der Waals surface area contributed by atoms with Gasteiger partial charge in [0, 0.05) is 48.7 Å². The molecule has 11 nitrogen and oxygen atoms in total. The molecular formula is C23H25N3NaO8S. The summed E-state index contributed by atoms with van der Waals surface area (Å²) in [6.07, 6.45) is 5.63. The van der Waals surface area contributed by atoms with Gasteiger partial charge in [0.2, 0.25) is 0 Å². The molecule has 1 radical (unpaired) electrons. The van der Waals surface area contributed by atoms with Gasteiger partial charge >= 0.3 is 10.4 Å². The molecule has 0 spiro atoms. The molecule has 0 saturated carbocycles. The monoisotopic (exact) mass is 526 g/mol. The van der Waals surface area contributed by atoms with Crippen molar-refractivity contribution in [1.82, 2.24) is 14.5 Å². The first kappa shape index (κ1) is 27.8. The zero-order valence-electron chi connectivity index (χ0n) is 20.0. The van der Waals surface area contributed by atoms with Gasteiger partial charge < -0.3 is 33.3 Å². The fourth-order valence-electron chi connectivity index (χ4n) is 3.59. The van der Waals surface area contributed by atoms with Gasteiger partial charge in [0.25, 0.3) is 6.29 Å². The molecule has 2 aromatic carbocycles. The maximum Gasteiger partial charge on any atom is 0.445 e. The van der Waals surface area contributed by atoms with E-state index in [0.717, 1.165) is 24.9 Å². The largest absolute Gasteiger partial charge is 0.504 e. The minimum atomic E-state index is -4.59. The van der Waals surface area contributed by atoms with Crippen LogP contribution in [0.15, 0.2) is 55.2 Å². The van der Waals surface area contributed by atoms with Crippen LogP contribution >= 0.6 is 0 Å². The van der Waals surface area contributed by atoms with Crippen molar-refractivity contribution in [2.45, 2.75) is 18.8 Å². The first-order valence-electron chi connectivity index (χ1n) is 10.6. The maximum absolute atomic E-state index is 10.7. The predicted molar refractivity (Wildman–Crippen MR) is 131 cm³/mol. The molecule has 0 fully saturated rings. The molecule has 2 heterocycles. The number of imidazole rings is 1. The number of nitrogens with zero attached hydrogens (tertiary/aromatic N) is 3. The minimum Gasteiger partial charge on any atom is -0.504 e. The summed E-state index contributed by atoms with van der Waals surface area (Å²) in [5.74, 6) is 0.348. The van der Waals surface area contributed by atoms with Crippen LogP contribution in [0.4, 0.5) is 0 Å². The second-order valence-electron chi connectivity index (χ2n) is 8.20. The van der Waals surface area contributed by atoms with E-state index in [0.29, 0.717) is 22.6 Å². The molecule has 2 unspecified atom stereocenters. The second-order valence-corrected chi connectivity index (χ2v) is 9.24. The Labute approximate surface area is 230 Å². The van der Waals surface area contributed by atoms with Gasteiger partial charge in [0.15, 0.2) is 23.0 Å². The van der Waals surface area contributed by atoms with Gasteiger partial charge in [0.1, 0.15) is 12.3 Å². The molecule has 4 rings (SSSR count). The molecule has 13 heteroatoms. The summed E-state index contributed by atoms with van der Waals surface area (Å²) in [4.78, 5) is 6.54. The average Bonchev–Trinajstić information content (AvgIpc) is 3.41. The zero-order chi connectivity index (χ0) is 25.2. The van der Waals surface area contributed by atoms with Crippen LogP contribution < -0.4 is 9.47 Å². The van der Waals surface area contributed by atoms with Crippen molar-refractivity contribution in [2.75, 3.05) is 20.6 Å². The Morgan fingerprint density at radius 1 is 1.14 bits per heavy atom. The molecule has 0 aliphatic carbocycles. The van der Waals surface area contributed by atoms with Gasteiger partial charge in [-0.2, -0.15) is 8.42 Å². The fraction of sp³-hybridized carbons (Fsp3) is 0.261. The number of phenols is 2. The van der Waals surface area contributed by atoms with Crippen LogP contribution in [0.1, 0.15) is 22.9 Å². The van der Waals surface area contributed by atoms with Crippen molar-refractivity contribution in [3.05, 3.63) is 72.0 Å². The second kappa shape index (κ2) is 11.5. The third kappa shape index (κ3) is 6.93. The molecule has 1 aliphatic rings. The summed E-state index contributed by atoms with van der Waals surface area (Å²) >= 11 is 0. The van der Waals surface area contributed by atoms with Crippen LogP contribution in [0.2, 0.25) is 0 Å². The molecule has 0 amide bonds. The number of rotatable bonds is 9. The van der Waals surface area contributed by atoms with Crippen LogP contribution in [0.25, 0.3) is 6.08 Å². The first-order chi connectivity index (χ1) is 16.6. The van der Waals surface area contributed by atoms with Crippen molar-refractivity contribution < 1.29 is 36.8 Å². The standard InChI is InChI=1S/C23H25N3O8S.Na/c1-25(2)9-7-17-13-26(14-24-17)22(16-4-5-18(27)19(28)12-16)23-33-20-6-3-15(11-21(20)34-23)8-10-32-35(29,30)31;/h3-6,8,10-14,22-23,27-28H,7,9H2,1-2H3,(H,29,30,31);/b10-8+;. The van der Waals surface area contributed by atoms with Gasteiger partial charge in [-0.3, -0.25) is 4.55 Å². The topological polar surface area (TPSA) is 144 Å². The van der Waals surface area contributed by atoms with Crippen molar-refractivity contribution >= 4 is 46.0 Å². The number of hydrogen-bond donors (Lipinski definition) is 3. The number of fused-ring (bicyclic) bond motifs is 1. The zero-order valence-corrected chi connectivity index (χ0v) is 22.8. The Kier molecular flexibility index (Phi) is 8.93. The summed E-state index contributed by atoms with van der Waals surface area (Å²) in [6.45, 7) is 0.821. The van der Waals surface area contributed by atoms with E-state index in [2.05, 4.69) is 14.1 Å². The average molecular weight is 527 g/mol. The predicted octanol–water partition coefficient (Wildman–Crippen LogP) is 2.19. The Bertz CT molecular complexity index is 1340. The van der Waals surface area contributed by atoms with Gasteiger partial charge in [-0.25, -0.2) is 4.98 Å². The van der Waals surface area contributed by atoms with Gasteiger partial charge in [-0.1, -0.05) is 12.1 Å². The third-order valence-corrected chi connectivity index (χ3v) is 5.64. The SMILES string of the molecule is CN(C)CCc1cn(C(c2ccc(O)c(O)c2)C2Oc3ccc(/C=C/OS(=O)(=O)O)cc3O2)cn1.[Na]. The van der Waals surface area contributed by atoms with Gasteiger partial charge in [0.05, 0.1) is 12.0 Å². The molecule has 36 heavy (non-hydrogen) atoms. The van der Waals surface area contributed by atoms with Crippen molar-refractivity contribution in [2.24, 2.45) is 0 Å². The van der Waals surface area contributed by atoms with Gasteiger partial charge in [-0.15, -0.1) is 0 Å². The summed E-state index contributed by atoms with van der Waals surface area (Å²) < 4.78 is 48.3. The van der Waals surface area contributed by atoms with Crippen LogP contribution in [0, 0.1) is 0 Å². The van der Waals surface area contributed by atoms with E-state index in [-0.39, 0.29) is 41.1 Å². The number of ether oxygens (including phenoxy) is 2. The number of phenolic OH excluding ortho intramolecular Hbond substituents is 2. The summed E-state index contributed by atoms with van der Waals surface area (Å²) in [7, 11) is -0.631. The van der Waals surface area contributed by atoms with Crippen molar-refractivity contribution in [3.8, 4) is 23.0 Å². The van der Waals surface area contributed by atoms with Crippen LogP contribution in [0.5, 0.6) is 23.0 Å². The molecule has 0 saturated heterocycles. The molecule has 3 N–H and O–H groups in total. The number of aromatic nitrogens is 2. The molecule has 2 atom stereocenters. The number of benzene rings is 2. The van der Waals surface area contributed by atoms with E-state index in [9.17, 15) is 18.6 Å². The Morgan fingerprint density at radius 3 is 2.58 bits per heavy atom. The number of likely N-dealkylation sites (N-methyl/N-ethyl adjacent to an activating group) is 1. The Hall–Kier alpha value is -2.74. The molecule has 1 aliphatic heterocycles. The quantitative estimate of drug-likeness (QED) is 0.164. The summed E-state index contributed by atoms with van der Waals surface area (Å²) in [6, 6.07) is 8.88. The molecular weight excluding hydrogens is 501 g/mol. The van der Waals surface area contributed by atoms with Crippen molar-refractivity contribution in [1.29, 1.82) is 0 Å². The first-order valence-corrected chi connectivity index (χ1v) is 11.9. The van der Waals surface area contributed by atoms with Crippen LogP contribution in [-0.4, -0.2) is 94.1 Å². The third-order valence-electron chi connectivity index (χ3n) is 5.28. The van der Waals surface area contributed by atoms with E-state index in [1.807, 2.05) is 24.9 Å². The van der Waals surface area contributed by atoms with E-state index in [1.54, 1.807) is 30.6 Å². The fourth-order valence-corrected chi connectivity index (χ4v) is 3.79. The minimum absolute atomic E-state index is 0. The molecule has 1 aromatic heterocycles. The molecule has 187 valence electrons. The van der Waals surface area contributed by atoms with E-state index in [1.165, 1.54) is 18.2 Å². The van der Waals surface area contributed by atoms with Crippen LogP contribution in [-0.2, 0) is 21.0 Å². The van der Waals surface area contributed by atoms with Gasteiger partial charge in [-0.05, 0) is 55.6 Å².